The van der Waals surface area contributed by atoms with E-state index >= 15 is 0 Å². The van der Waals surface area contributed by atoms with Crippen LogP contribution in [0.25, 0.3) is 99.1 Å². The van der Waals surface area contributed by atoms with Crippen molar-refractivity contribution < 1.29 is 8.53 Å². The summed E-state index contributed by atoms with van der Waals surface area (Å²) in [4.78, 5) is 0. The van der Waals surface area contributed by atoms with Gasteiger partial charge < -0.3 is 4.42 Å². The van der Waals surface area contributed by atoms with E-state index in [4.69, 9.17) is 4.42 Å². The summed E-state index contributed by atoms with van der Waals surface area (Å²) in [6, 6.07) is 59.7. The van der Waals surface area contributed by atoms with Crippen molar-refractivity contribution in [3.8, 4) is 55.6 Å². The number of furan rings is 1. The molecule has 0 aliphatic carbocycles. The van der Waals surface area contributed by atoms with Gasteiger partial charge in [0.15, 0.2) is 0 Å². The predicted molar refractivity (Wildman–Crippen MR) is 216 cm³/mol. The molecule has 0 aliphatic rings. The molecule has 1 aromatic heterocycles. The van der Waals surface area contributed by atoms with Crippen LogP contribution >= 0.6 is 0 Å². The van der Waals surface area contributed by atoms with Gasteiger partial charge in [-0.2, -0.15) is 0 Å². The van der Waals surface area contributed by atoms with E-state index in [-0.39, 0.29) is 18.1 Å². The average molecular weight is 652 g/mol. The van der Waals surface area contributed by atoms with Crippen LogP contribution in [0, 0.1) is 0 Å². The van der Waals surface area contributed by atoms with Gasteiger partial charge in [0.05, 0.1) is 4.11 Å². The molecule has 0 unspecified atom stereocenters. The summed E-state index contributed by atoms with van der Waals surface area (Å²) < 4.78 is 35.7. The fraction of sp³-hybridized carbons (Fsp3) is 0. The first kappa shape index (κ1) is 26.2. The van der Waals surface area contributed by atoms with E-state index in [0.717, 1.165) is 82.4 Å². The van der Waals surface area contributed by atoms with Crippen molar-refractivity contribution in [2.75, 3.05) is 0 Å². The highest BCUT2D eigenvalue weighted by atomic mass is 16.3. The highest BCUT2D eigenvalue weighted by molar-refractivity contribution is 6.26. The van der Waals surface area contributed by atoms with Crippen molar-refractivity contribution in [3.63, 3.8) is 0 Å². The molecule has 0 saturated carbocycles. The molecule has 0 radical (unpaired) electrons. The van der Waals surface area contributed by atoms with Crippen LogP contribution in [0.3, 0.4) is 0 Å². The molecule has 9 aromatic carbocycles. The second-order valence-electron chi connectivity index (χ2n) is 12.9. The highest BCUT2D eigenvalue weighted by Crippen LogP contribution is 2.48. The zero-order valence-electron chi connectivity index (χ0n) is 30.7. The Morgan fingerprint density at radius 2 is 0.882 bits per heavy atom. The van der Waals surface area contributed by atoms with E-state index in [1.807, 2.05) is 84.9 Å². The molecule has 0 spiro atoms. The van der Waals surface area contributed by atoms with Crippen molar-refractivity contribution in [2.24, 2.45) is 0 Å². The van der Waals surface area contributed by atoms with Crippen LogP contribution in [0.4, 0.5) is 0 Å². The minimum absolute atomic E-state index is 0.0398. The molecule has 1 nitrogen and oxygen atoms in total. The second kappa shape index (κ2) is 12.0. The lowest BCUT2D eigenvalue weighted by Crippen LogP contribution is -1.93. The Morgan fingerprint density at radius 1 is 0.333 bits per heavy atom. The first-order chi connectivity index (χ1) is 26.6. The van der Waals surface area contributed by atoms with E-state index in [1.165, 1.54) is 0 Å². The monoisotopic (exact) mass is 651 g/mol. The third-order valence-electron chi connectivity index (χ3n) is 9.99. The normalized spacial score (nSPS) is 12.4. The quantitative estimate of drug-likeness (QED) is 0.169. The van der Waals surface area contributed by atoms with Gasteiger partial charge in [-0.3, -0.25) is 0 Å². The minimum Gasteiger partial charge on any atom is -0.456 e. The summed E-state index contributed by atoms with van der Waals surface area (Å²) in [5.74, 6) is 0. The molecule has 1 heteroatoms. The smallest absolute Gasteiger partial charge is 0.136 e. The zero-order valence-corrected chi connectivity index (χ0v) is 27.7. The van der Waals surface area contributed by atoms with Gasteiger partial charge in [0.2, 0.25) is 0 Å². The fourth-order valence-corrected chi connectivity index (χ4v) is 7.71. The van der Waals surface area contributed by atoms with Crippen molar-refractivity contribution in [3.05, 3.63) is 194 Å². The topological polar surface area (TPSA) is 13.1 Å². The molecule has 0 atom stereocenters. The van der Waals surface area contributed by atoms with Crippen LogP contribution in [0.2, 0.25) is 0 Å². The maximum Gasteiger partial charge on any atom is 0.136 e. The summed E-state index contributed by atoms with van der Waals surface area (Å²) in [6.07, 6.45) is 0. The SMILES string of the molecule is [2H]c1c([2H])c(-c2ccccc2)c(-c2ccccc2)c([2H])c1-c1c2ccccc2c(-c2cccc3oc4ccc(-c5ccccc5)cc4c23)c2ccccc12. The molecule has 238 valence electrons. The molecule has 10 aromatic rings. The maximum absolute atomic E-state index is 9.97. The third kappa shape index (κ3) is 4.86. The molecule has 0 aliphatic heterocycles. The fourth-order valence-electron chi connectivity index (χ4n) is 7.71. The van der Waals surface area contributed by atoms with Gasteiger partial charge in [0.25, 0.3) is 0 Å². The summed E-state index contributed by atoms with van der Waals surface area (Å²) in [5.41, 5.74) is 10.2. The molecule has 0 fully saturated rings. The Kier molecular flexibility index (Phi) is 6.17. The number of hydrogen-bond donors (Lipinski definition) is 0. The lowest BCUT2D eigenvalue weighted by Gasteiger charge is -2.19. The first-order valence-electron chi connectivity index (χ1n) is 18.8. The lowest BCUT2D eigenvalue weighted by molar-refractivity contribution is 0.669. The third-order valence-corrected chi connectivity index (χ3v) is 9.99. The minimum atomic E-state index is 0.0398. The van der Waals surface area contributed by atoms with Gasteiger partial charge >= 0.3 is 0 Å². The molecule has 10 rings (SSSR count). The van der Waals surface area contributed by atoms with Gasteiger partial charge in [-0.1, -0.05) is 170 Å². The molecule has 0 saturated heterocycles. The van der Waals surface area contributed by atoms with E-state index in [0.29, 0.717) is 16.7 Å². The van der Waals surface area contributed by atoms with Gasteiger partial charge in [0.1, 0.15) is 11.2 Å². The van der Waals surface area contributed by atoms with E-state index in [2.05, 4.69) is 91.0 Å². The molecular weight excluding hydrogens is 617 g/mol. The van der Waals surface area contributed by atoms with Crippen molar-refractivity contribution in [1.82, 2.24) is 0 Å². The van der Waals surface area contributed by atoms with Crippen LogP contribution in [-0.4, -0.2) is 0 Å². The van der Waals surface area contributed by atoms with Gasteiger partial charge in [-0.25, -0.2) is 0 Å². The van der Waals surface area contributed by atoms with Crippen LogP contribution in [0.1, 0.15) is 4.11 Å². The predicted octanol–water partition coefficient (Wildman–Crippen LogP) is 14.2. The lowest BCUT2D eigenvalue weighted by atomic mass is 9.83. The van der Waals surface area contributed by atoms with Gasteiger partial charge in [0, 0.05) is 10.8 Å². The Bertz CT molecular complexity index is 3000. The molecule has 51 heavy (non-hydrogen) atoms. The Hall–Kier alpha value is -6.70. The molecule has 1 heterocycles. The maximum atomic E-state index is 9.97. The van der Waals surface area contributed by atoms with Gasteiger partial charge in [-0.05, 0) is 101 Å². The summed E-state index contributed by atoms with van der Waals surface area (Å²) in [7, 11) is 0. The average Bonchev–Trinajstić information content (AvgIpc) is 3.61. The number of rotatable bonds is 5. The zero-order chi connectivity index (χ0) is 36.3. The largest absolute Gasteiger partial charge is 0.456 e. The highest BCUT2D eigenvalue weighted by Gasteiger charge is 2.21. The Balaban J connectivity index is 1.32. The van der Waals surface area contributed by atoms with E-state index in [9.17, 15) is 4.11 Å². The Morgan fingerprint density at radius 3 is 1.51 bits per heavy atom. The molecule has 0 N–H and O–H groups in total. The van der Waals surface area contributed by atoms with Gasteiger partial charge in [-0.15, -0.1) is 0 Å². The summed E-state index contributed by atoms with van der Waals surface area (Å²) in [5, 5.41) is 5.95. The van der Waals surface area contributed by atoms with Crippen LogP contribution in [0.5, 0.6) is 0 Å². The van der Waals surface area contributed by atoms with Crippen molar-refractivity contribution >= 4 is 43.5 Å². The first-order valence-corrected chi connectivity index (χ1v) is 17.3. The Labute approximate surface area is 300 Å². The van der Waals surface area contributed by atoms with E-state index < -0.39 is 0 Å². The number of benzene rings is 9. The second-order valence-corrected chi connectivity index (χ2v) is 12.9. The molecule has 0 bridgehead atoms. The summed E-state index contributed by atoms with van der Waals surface area (Å²) >= 11 is 0. The van der Waals surface area contributed by atoms with Crippen LogP contribution < -0.4 is 0 Å². The number of fused-ring (bicyclic) bond motifs is 5. The van der Waals surface area contributed by atoms with Crippen LogP contribution in [-0.2, 0) is 0 Å². The molecule has 0 amide bonds. The standard InChI is InChI=1S/C50H32O/c1-4-15-33(16-5-1)36-28-30-46-45(31-36)50-43(25-14-26-47(50)51-46)49-41-23-12-10-21-39(41)48(40-22-11-13-24-42(40)49)37-27-29-38(34-17-6-2-7-18-34)44(32-37)35-19-8-3-9-20-35/h1-32H/i27D,29D,32D. The van der Waals surface area contributed by atoms with Crippen molar-refractivity contribution in [2.45, 2.75) is 0 Å². The summed E-state index contributed by atoms with van der Waals surface area (Å²) in [6.45, 7) is 0. The van der Waals surface area contributed by atoms with Crippen molar-refractivity contribution in [1.29, 1.82) is 0 Å². The molecular formula is C50H32O. The number of hydrogen-bond acceptors (Lipinski definition) is 1. The van der Waals surface area contributed by atoms with Crippen LogP contribution in [0.15, 0.2) is 198 Å². The van der Waals surface area contributed by atoms with E-state index in [1.54, 1.807) is 0 Å².